The lowest BCUT2D eigenvalue weighted by atomic mass is 10.1. The quantitative estimate of drug-likeness (QED) is 0.565. The minimum absolute atomic E-state index is 0.0416. The lowest BCUT2D eigenvalue weighted by Crippen LogP contribution is -2.19. The Hall–Kier alpha value is -4.21. The van der Waals surface area contributed by atoms with Crippen LogP contribution in [0.1, 0.15) is 15.9 Å². The normalized spacial score (nSPS) is 10.7. The molecule has 2 aromatic carbocycles. The van der Waals surface area contributed by atoms with Gasteiger partial charge in [0.25, 0.3) is 17.3 Å². The highest BCUT2D eigenvalue weighted by Crippen LogP contribution is 2.26. The van der Waals surface area contributed by atoms with Crippen LogP contribution in [0.5, 0.6) is 5.75 Å². The molecule has 0 aromatic heterocycles. The summed E-state index contributed by atoms with van der Waals surface area (Å²) in [5, 5.41) is 33.1. The van der Waals surface area contributed by atoms with Gasteiger partial charge in [-0.05, 0) is 18.2 Å². The number of hydrogen-bond acceptors (Lipinski definition) is 7. The Morgan fingerprint density at radius 2 is 1.69 bits per heavy atom. The number of nitro groups is 2. The molecular formula is C16H9F3N4O6. The van der Waals surface area contributed by atoms with E-state index in [0.717, 1.165) is 30.3 Å². The van der Waals surface area contributed by atoms with E-state index in [1.54, 1.807) is 6.07 Å². The smallest absolute Gasteiger partial charge is 0.422 e. The topological polar surface area (TPSA) is 148 Å². The maximum Gasteiger partial charge on any atom is 0.422 e. The average molecular weight is 410 g/mol. The van der Waals surface area contributed by atoms with Crippen molar-refractivity contribution in [3.8, 4) is 11.8 Å². The van der Waals surface area contributed by atoms with Gasteiger partial charge in [0.1, 0.15) is 11.8 Å². The number of nitrogens with one attached hydrogen (secondary N) is 1. The molecule has 29 heavy (non-hydrogen) atoms. The van der Waals surface area contributed by atoms with E-state index < -0.39 is 45.5 Å². The number of non-ortho nitro benzene ring substituents is 2. The number of nitriles is 1. The number of carbonyl (C=O) groups excluding carboxylic acids is 1. The number of amides is 1. The number of nitrogens with zero attached hydrogens (tertiary/aromatic N) is 3. The van der Waals surface area contributed by atoms with Crippen LogP contribution in [0.3, 0.4) is 0 Å². The summed E-state index contributed by atoms with van der Waals surface area (Å²) in [6.45, 7) is -1.62. The van der Waals surface area contributed by atoms with Gasteiger partial charge >= 0.3 is 6.18 Å². The number of anilines is 1. The largest absolute Gasteiger partial charge is 0.483 e. The van der Waals surface area contributed by atoms with Crippen molar-refractivity contribution in [1.82, 2.24) is 0 Å². The van der Waals surface area contributed by atoms with Crippen LogP contribution < -0.4 is 10.1 Å². The second-order valence-corrected chi connectivity index (χ2v) is 5.43. The first-order valence-electron chi connectivity index (χ1n) is 7.49. The molecule has 0 aliphatic carbocycles. The summed E-state index contributed by atoms with van der Waals surface area (Å²) < 4.78 is 41.2. The van der Waals surface area contributed by atoms with Crippen molar-refractivity contribution in [3.63, 3.8) is 0 Å². The number of alkyl halides is 3. The van der Waals surface area contributed by atoms with Gasteiger partial charge in [0.05, 0.1) is 27.0 Å². The first kappa shape index (κ1) is 21.1. The Balaban J connectivity index is 2.28. The molecule has 150 valence electrons. The number of rotatable bonds is 6. The number of ether oxygens (including phenoxy) is 1. The van der Waals surface area contributed by atoms with E-state index >= 15 is 0 Å². The lowest BCUT2D eigenvalue weighted by molar-refractivity contribution is -0.394. The third-order valence-corrected chi connectivity index (χ3v) is 3.34. The molecule has 2 aromatic rings. The molecule has 1 amide bonds. The zero-order valence-electron chi connectivity index (χ0n) is 14.1. The number of carbonyl (C=O) groups is 1. The summed E-state index contributed by atoms with van der Waals surface area (Å²) in [4.78, 5) is 32.2. The second-order valence-electron chi connectivity index (χ2n) is 5.43. The third-order valence-electron chi connectivity index (χ3n) is 3.34. The molecule has 0 atom stereocenters. The highest BCUT2D eigenvalue weighted by Gasteiger charge is 2.29. The Labute approximate surface area is 159 Å². The molecule has 1 N–H and O–H groups in total. The maximum absolute atomic E-state index is 12.3. The van der Waals surface area contributed by atoms with Gasteiger partial charge in [0, 0.05) is 17.8 Å². The number of halogens is 3. The molecule has 0 heterocycles. The Bertz CT molecular complexity index is 1000. The van der Waals surface area contributed by atoms with Gasteiger partial charge < -0.3 is 10.1 Å². The zero-order chi connectivity index (χ0) is 21.8. The fourth-order valence-electron chi connectivity index (χ4n) is 2.12. The van der Waals surface area contributed by atoms with Gasteiger partial charge in [0.15, 0.2) is 6.61 Å². The van der Waals surface area contributed by atoms with Crippen molar-refractivity contribution >= 4 is 23.0 Å². The van der Waals surface area contributed by atoms with Gasteiger partial charge in [-0.15, -0.1) is 0 Å². The lowest BCUT2D eigenvalue weighted by Gasteiger charge is -2.12. The summed E-state index contributed by atoms with van der Waals surface area (Å²) in [6.07, 6.45) is -4.61. The maximum atomic E-state index is 12.3. The Morgan fingerprint density at radius 3 is 2.17 bits per heavy atom. The fourth-order valence-corrected chi connectivity index (χ4v) is 2.12. The summed E-state index contributed by atoms with van der Waals surface area (Å²) in [5.74, 6) is -1.33. The van der Waals surface area contributed by atoms with Gasteiger partial charge in [0.2, 0.25) is 0 Å². The van der Waals surface area contributed by atoms with E-state index in [1.165, 1.54) is 0 Å². The van der Waals surface area contributed by atoms with Crippen LogP contribution in [-0.4, -0.2) is 28.5 Å². The molecule has 0 saturated heterocycles. The Morgan fingerprint density at radius 1 is 1.10 bits per heavy atom. The molecule has 0 bridgehead atoms. The van der Waals surface area contributed by atoms with Crippen molar-refractivity contribution in [3.05, 3.63) is 67.8 Å². The van der Waals surface area contributed by atoms with Crippen molar-refractivity contribution in [2.45, 2.75) is 6.18 Å². The van der Waals surface area contributed by atoms with Gasteiger partial charge in [-0.2, -0.15) is 18.4 Å². The molecular weight excluding hydrogens is 401 g/mol. The molecule has 2 rings (SSSR count). The minimum atomic E-state index is -4.61. The second kappa shape index (κ2) is 8.21. The van der Waals surface area contributed by atoms with Crippen LogP contribution in [0.25, 0.3) is 0 Å². The number of nitro benzene ring substituents is 2. The van der Waals surface area contributed by atoms with Crippen LogP contribution in [0.4, 0.5) is 30.2 Å². The van der Waals surface area contributed by atoms with Crippen LogP contribution in [0.15, 0.2) is 36.4 Å². The zero-order valence-corrected chi connectivity index (χ0v) is 14.1. The number of benzene rings is 2. The van der Waals surface area contributed by atoms with Crippen molar-refractivity contribution in [2.24, 2.45) is 0 Å². The molecule has 13 heteroatoms. The summed E-state index contributed by atoms with van der Waals surface area (Å²) in [5.41, 5.74) is -2.12. The van der Waals surface area contributed by atoms with E-state index in [4.69, 9.17) is 5.26 Å². The van der Waals surface area contributed by atoms with E-state index in [1.807, 2.05) is 0 Å². The van der Waals surface area contributed by atoms with Gasteiger partial charge in [-0.25, -0.2) is 0 Å². The molecule has 0 radical (unpaired) electrons. The highest BCUT2D eigenvalue weighted by atomic mass is 19.4. The molecule has 0 unspecified atom stereocenters. The van der Waals surface area contributed by atoms with Crippen LogP contribution >= 0.6 is 0 Å². The standard InChI is InChI=1S/C16H9F3N4O6/c17-16(18,19)8-29-14-2-1-11(3-10(14)7-20)21-15(24)9-4-12(22(25)26)6-13(5-9)23(27)28/h1-6H,8H2,(H,21,24). The van der Waals surface area contributed by atoms with Crippen molar-refractivity contribution in [2.75, 3.05) is 11.9 Å². The monoisotopic (exact) mass is 410 g/mol. The molecule has 0 saturated carbocycles. The van der Waals surface area contributed by atoms with Crippen LogP contribution in [-0.2, 0) is 0 Å². The van der Waals surface area contributed by atoms with Gasteiger partial charge in [-0.3, -0.25) is 25.0 Å². The van der Waals surface area contributed by atoms with E-state index in [9.17, 15) is 38.2 Å². The van der Waals surface area contributed by atoms with Crippen LogP contribution in [0.2, 0.25) is 0 Å². The molecule has 0 fully saturated rings. The van der Waals surface area contributed by atoms with Crippen LogP contribution in [0, 0.1) is 31.6 Å². The van der Waals surface area contributed by atoms with E-state index in [-0.39, 0.29) is 17.0 Å². The summed E-state index contributed by atoms with van der Waals surface area (Å²) in [7, 11) is 0. The van der Waals surface area contributed by atoms with Crippen molar-refractivity contribution < 1.29 is 32.5 Å². The Kier molecular flexibility index (Phi) is 5.97. The van der Waals surface area contributed by atoms with E-state index in [2.05, 4.69) is 10.1 Å². The molecule has 0 aliphatic rings. The fraction of sp³-hybridized carbons (Fsp3) is 0.125. The first-order valence-corrected chi connectivity index (χ1v) is 7.49. The molecule has 0 spiro atoms. The summed E-state index contributed by atoms with van der Waals surface area (Å²) >= 11 is 0. The average Bonchev–Trinajstić information content (AvgIpc) is 2.65. The molecule has 0 aliphatic heterocycles. The molecule has 10 nitrogen and oxygen atoms in total. The predicted octanol–water partition coefficient (Wildman–Crippen LogP) is 3.57. The highest BCUT2D eigenvalue weighted by molar-refractivity contribution is 6.05. The third kappa shape index (κ3) is 5.63. The number of hydrogen-bond donors (Lipinski definition) is 1. The minimum Gasteiger partial charge on any atom is -0.483 e. The summed E-state index contributed by atoms with van der Waals surface area (Å²) in [6, 6.07) is 7.10. The van der Waals surface area contributed by atoms with Gasteiger partial charge in [-0.1, -0.05) is 0 Å². The SMILES string of the molecule is N#Cc1cc(NC(=O)c2cc([N+](=O)[O-])cc([N+](=O)[O-])c2)ccc1OCC(F)(F)F. The first-order chi connectivity index (χ1) is 13.5. The van der Waals surface area contributed by atoms with Crippen molar-refractivity contribution in [1.29, 1.82) is 5.26 Å². The predicted molar refractivity (Wildman–Crippen MR) is 90.4 cm³/mol. The van der Waals surface area contributed by atoms with E-state index in [0.29, 0.717) is 6.07 Å².